The van der Waals surface area contributed by atoms with Crippen molar-refractivity contribution in [3.05, 3.63) is 53.9 Å². The van der Waals surface area contributed by atoms with Crippen molar-refractivity contribution in [2.75, 3.05) is 25.0 Å². The average Bonchev–Trinajstić information content (AvgIpc) is 3.15. The molecule has 3 heterocycles. The summed E-state index contributed by atoms with van der Waals surface area (Å²) in [5, 5.41) is 21.4. The summed E-state index contributed by atoms with van der Waals surface area (Å²) in [6.07, 6.45) is 2.08. The zero-order chi connectivity index (χ0) is 25.5. The van der Waals surface area contributed by atoms with Crippen LogP contribution in [0.1, 0.15) is 36.8 Å². The van der Waals surface area contributed by atoms with Gasteiger partial charge in [-0.15, -0.1) is 0 Å². The Labute approximate surface area is 206 Å². The van der Waals surface area contributed by atoms with Crippen LogP contribution in [0.5, 0.6) is 0 Å². The van der Waals surface area contributed by atoms with E-state index in [0.717, 1.165) is 43.6 Å². The maximum atomic E-state index is 13.1. The van der Waals surface area contributed by atoms with E-state index in [-0.39, 0.29) is 24.3 Å². The van der Waals surface area contributed by atoms with Crippen molar-refractivity contribution in [1.29, 1.82) is 0 Å². The van der Waals surface area contributed by atoms with Gasteiger partial charge in [-0.05, 0) is 49.9 Å². The predicted octanol–water partition coefficient (Wildman–Crippen LogP) is 3.03. The van der Waals surface area contributed by atoms with Crippen molar-refractivity contribution in [3.63, 3.8) is 0 Å². The fourth-order valence-corrected chi connectivity index (χ4v) is 5.29. The van der Waals surface area contributed by atoms with Crippen molar-refractivity contribution < 1.29 is 23.1 Å². The molecular weight excluding hydrogens is 473 g/mol. The van der Waals surface area contributed by atoms with Gasteiger partial charge in [0.2, 0.25) is 5.91 Å². The molecule has 11 heteroatoms. The third-order valence-electron chi connectivity index (χ3n) is 7.37. The van der Waals surface area contributed by atoms with E-state index in [1.165, 1.54) is 10.7 Å². The number of benzene rings is 1. The first-order chi connectivity index (χ1) is 17.1. The van der Waals surface area contributed by atoms with Crippen LogP contribution in [0.2, 0.25) is 0 Å². The fraction of sp³-hybridized carbons (Fsp3) is 0.480. The minimum absolute atomic E-state index is 0.0238. The van der Waals surface area contributed by atoms with Gasteiger partial charge in [0.1, 0.15) is 0 Å². The molecule has 2 aliphatic rings. The molecule has 3 N–H and O–H groups in total. The minimum Gasteiger partial charge on any atom is -0.385 e. The number of carbonyl (C=O) groups excluding carboxylic acids is 1. The van der Waals surface area contributed by atoms with Crippen LogP contribution in [-0.4, -0.2) is 62.4 Å². The Balaban J connectivity index is 1.09. The summed E-state index contributed by atoms with van der Waals surface area (Å²) in [4.78, 5) is 18.9. The second kappa shape index (κ2) is 9.36. The number of anilines is 1. The van der Waals surface area contributed by atoms with Crippen LogP contribution in [0.15, 0.2) is 42.7 Å². The van der Waals surface area contributed by atoms with Crippen molar-refractivity contribution in [1.82, 2.24) is 25.0 Å². The Hall–Kier alpha value is -3.18. The highest BCUT2D eigenvalue weighted by Gasteiger charge is 2.40. The molecular formula is C25H29F3N6O2. The molecule has 2 fully saturated rings. The summed E-state index contributed by atoms with van der Waals surface area (Å²) in [5.41, 5.74) is -0.180. The number of likely N-dealkylation sites (tertiary alicyclic amines) is 1. The van der Waals surface area contributed by atoms with Crippen LogP contribution in [0.3, 0.4) is 0 Å². The topological polar surface area (TPSA) is 95.3 Å². The van der Waals surface area contributed by atoms with Gasteiger partial charge in [0.05, 0.1) is 29.3 Å². The number of alkyl halides is 3. The molecule has 0 atom stereocenters. The van der Waals surface area contributed by atoms with Crippen molar-refractivity contribution >= 4 is 22.6 Å². The van der Waals surface area contributed by atoms with E-state index >= 15 is 0 Å². The highest BCUT2D eigenvalue weighted by molar-refractivity contribution is 5.92. The van der Waals surface area contributed by atoms with Gasteiger partial charge in [-0.2, -0.15) is 18.3 Å². The van der Waals surface area contributed by atoms with Crippen LogP contribution < -0.4 is 10.6 Å². The number of amides is 1. The zero-order valence-electron chi connectivity index (χ0n) is 19.9. The number of hydrogen-bond donors (Lipinski definition) is 3. The molecule has 0 bridgehead atoms. The van der Waals surface area contributed by atoms with Crippen molar-refractivity contribution in [3.8, 4) is 0 Å². The van der Waals surface area contributed by atoms with Crippen LogP contribution in [-0.2, 0) is 23.6 Å². The van der Waals surface area contributed by atoms with Gasteiger partial charge in [0.15, 0.2) is 5.82 Å². The highest BCUT2D eigenvalue weighted by Crippen LogP contribution is 2.39. The molecule has 1 saturated heterocycles. The highest BCUT2D eigenvalue weighted by atomic mass is 19.4. The largest absolute Gasteiger partial charge is 0.416 e. The van der Waals surface area contributed by atoms with Gasteiger partial charge in [-0.1, -0.05) is 6.07 Å². The van der Waals surface area contributed by atoms with Gasteiger partial charge < -0.3 is 15.7 Å². The molecule has 0 spiro atoms. The molecule has 8 nitrogen and oxygen atoms in total. The maximum absolute atomic E-state index is 13.1. The summed E-state index contributed by atoms with van der Waals surface area (Å²) in [6, 6.07) is 7.60. The average molecular weight is 503 g/mol. The number of pyridine rings is 1. The number of halogens is 3. The Bertz CT molecular complexity index is 1230. The molecule has 1 aliphatic carbocycles. The third-order valence-corrected chi connectivity index (χ3v) is 7.37. The quantitative estimate of drug-likeness (QED) is 0.480. The Morgan fingerprint density at radius 1 is 1.22 bits per heavy atom. The lowest BCUT2D eigenvalue weighted by molar-refractivity contribution is -0.137. The summed E-state index contributed by atoms with van der Waals surface area (Å²) in [6.45, 7) is 1.40. The smallest absolute Gasteiger partial charge is 0.385 e. The first-order valence-corrected chi connectivity index (χ1v) is 12.1. The first-order valence-electron chi connectivity index (χ1n) is 12.1. The number of nitrogens with zero attached hydrogens (tertiary/aromatic N) is 4. The normalized spacial score (nSPS) is 23.4. The molecule has 2 aromatic heterocycles. The molecule has 1 aromatic carbocycles. The predicted molar refractivity (Wildman–Crippen MR) is 128 cm³/mol. The lowest BCUT2D eigenvalue weighted by Crippen LogP contribution is -2.63. The van der Waals surface area contributed by atoms with E-state index in [1.807, 2.05) is 12.1 Å². The van der Waals surface area contributed by atoms with Gasteiger partial charge in [-0.3, -0.25) is 19.4 Å². The number of aromatic nitrogens is 3. The van der Waals surface area contributed by atoms with Crippen molar-refractivity contribution in [2.24, 2.45) is 7.05 Å². The van der Waals surface area contributed by atoms with E-state index in [1.54, 1.807) is 19.4 Å². The van der Waals surface area contributed by atoms with Gasteiger partial charge >= 0.3 is 6.18 Å². The summed E-state index contributed by atoms with van der Waals surface area (Å²) in [5.74, 6) is 0.00678. The molecule has 36 heavy (non-hydrogen) atoms. The van der Waals surface area contributed by atoms with Gasteiger partial charge in [0.25, 0.3) is 0 Å². The molecule has 0 radical (unpaired) electrons. The van der Waals surface area contributed by atoms with E-state index in [2.05, 4.69) is 25.6 Å². The van der Waals surface area contributed by atoms with Gasteiger partial charge in [-0.25, -0.2) is 0 Å². The molecule has 0 unspecified atom stereocenters. The summed E-state index contributed by atoms with van der Waals surface area (Å²) in [7, 11) is 1.65. The number of aliphatic hydroxyl groups is 1. The number of nitrogens with one attached hydrogen (secondary N) is 2. The van der Waals surface area contributed by atoms with Crippen molar-refractivity contribution in [2.45, 2.75) is 49.5 Å². The van der Waals surface area contributed by atoms with E-state index in [0.29, 0.717) is 29.8 Å². The standard InChI is InChI=1S/C25H29F3N6O2/c1-33-21-5-4-16(25(26,27)28)11-20(21)23(32-33)30-13-22(35)31-18-14-34(15-18)19-6-8-24(36,9-7-19)17-3-2-10-29-12-17/h2-5,10-12,18-19,36H,6-9,13-15H2,1H3,(H,30,32)(H,31,35). The summed E-state index contributed by atoms with van der Waals surface area (Å²) < 4.78 is 40.8. The SMILES string of the molecule is Cn1nc(NCC(=O)NC2CN(C3CCC(O)(c4cccnc4)CC3)C2)c2cc(C(F)(F)F)ccc21. The summed E-state index contributed by atoms with van der Waals surface area (Å²) >= 11 is 0. The molecule has 3 aromatic rings. The second-order valence-electron chi connectivity index (χ2n) is 9.78. The number of carbonyl (C=O) groups is 1. The zero-order valence-corrected chi connectivity index (χ0v) is 19.9. The minimum atomic E-state index is -4.45. The fourth-order valence-electron chi connectivity index (χ4n) is 5.29. The number of rotatable bonds is 6. The van der Waals surface area contributed by atoms with Crippen LogP contribution >= 0.6 is 0 Å². The van der Waals surface area contributed by atoms with Crippen LogP contribution in [0, 0.1) is 0 Å². The molecule has 192 valence electrons. The Morgan fingerprint density at radius 2 is 1.97 bits per heavy atom. The Kier molecular flexibility index (Phi) is 6.37. The molecule has 5 rings (SSSR count). The van der Waals surface area contributed by atoms with E-state index < -0.39 is 17.3 Å². The third kappa shape index (κ3) is 4.90. The van der Waals surface area contributed by atoms with Gasteiger partial charge in [0, 0.05) is 49.5 Å². The lowest BCUT2D eigenvalue weighted by Gasteiger charge is -2.48. The molecule has 1 amide bonds. The number of aryl methyl sites for hydroxylation is 1. The monoisotopic (exact) mass is 502 g/mol. The number of fused-ring (bicyclic) bond motifs is 1. The number of hydrogen-bond acceptors (Lipinski definition) is 6. The van der Waals surface area contributed by atoms with E-state index in [4.69, 9.17) is 0 Å². The van der Waals surface area contributed by atoms with Crippen LogP contribution in [0.4, 0.5) is 19.0 Å². The maximum Gasteiger partial charge on any atom is 0.416 e. The Morgan fingerprint density at radius 3 is 2.64 bits per heavy atom. The van der Waals surface area contributed by atoms with Crippen LogP contribution in [0.25, 0.3) is 10.9 Å². The first kappa shape index (κ1) is 24.5. The molecule has 1 aliphatic heterocycles. The molecule has 1 saturated carbocycles. The lowest BCUT2D eigenvalue weighted by atomic mass is 9.77. The van der Waals surface area contributed by atoms with E-state index in [9.17, 15) is 23.1 Å². The second-order valence-corrected chi connectivity index (χ2v) is 9.78.